The van der Waals surface area contributed by atoms with Crippen LogP contribution in [-0.4, -0.2) is 75.0 Å². The van der Waals surface area contributed by atoms with Crippen molar-refractivity contribution < 1.29 is 27.4 Å². The smallest absolute Gasteiger partial charge is 0.378 e. The number of nitrogens with zero attached hydrogens (tertiary/aromatic N) is 7. The third-order valence-electron chi connectivity index (χ3n) is 7.36. The van der Waals surface area contributed by atoms with Crippen LogP contribution < -0.4 is 4.90 Å². The Hall–Kier alpha value is -3.29. The predicted molar refractivity (Wildman–Crippen MR) is 131 cm³/mol. The summed E-state index contributed by atoms with van der Waals surface area (Å²) in [6.07, 6.45) is -2.05. The van der Waals surface area contributed by atoms with Crippen LogP contribution in [0.1, 0.15) is 37.4 Å². The van der Waals surface area contributed by atoms with Gasteiger partial charge in [0.1, 0.15) is 5.82 Å². The molecule has 0 N–H and O–H groups in total. The first kappa shape index (κ1) is 23.8. The van der Waals surface area contributed by atoms with Crippen LogP contribution in [0, 0.1) is 0 Å². The lowest BCUT2D eigenvalue weighted by Gasteiger charge is -2.28. The highest BCUT2D eigenvalue weighted by atomic mass is 19.4. The number of hydrogen-bond acceptors (Lipinski definition) is 8. The maximum absolute atomic E-state index is 13.8. The maximum Gasteiger partial charge on any atom is 0.421 e. The normalized spacial score (nSPS) is 22.8. The number of anilines is 1. The summed E-state index contributed by atoms with van der Waals surface area (Å²) in [5, 5.41) is 5.48. The number of halogens is 3. The van der Waals surface area contributed by atoms with Gasteiger partial charge in [-0.2, -0.15) is 18.3 Å². The van der Waals surface area contributed by atoms with Gasteiger partial charge in [0.2, 0.25) is 6.10 Å². The fraction of sp³-hybridized carbons (Fsp3) is 0.520. The summed E-state index contributed by atoms with van der Waals surface area (Å²) in [7, 11) is 0. The Morgan fingerprint density at radius 3 is 2.58 bits per heavy atom. The molecule has 200 valence electrons. The van der Waals surface area contributed by atoms with Crippen molar-refractivity contribution in [1.29, 1.82) is 0 Å². The first-order valence-corrected chi connectivity index (χ1v) is 12.9. The van der Waals surface area contributed by atoms with E-state index in [4.69, 9.17) is 24.2 Å². The van der Waals surface area contributed by atoms with Crippen LogP contribution in [0.5, 0.6) is 0 Å². The fourth-order valence-electron chi connectivity index (χ4n) is 5.53. The van der Waals surface area contributed by atoms with E-state index >= 15 is 0 Å². The lowest BCUT2D eigenvalue weighted by molar-refractivity contribution is -0.233. The minimum absolute atomic E-state index is 0.0847. The van der Waals surface area contributed by atoms with E-state index in [2.05, 4.69) is 10.1 Å². The molecule has 0 aliphatic carbocycles. The van der Waals surface area contributed by atoms with Crippen molar-refractivity contribution >= 4 is 27.9 Å². The molecule has 2 saturated heterocycles. The van der Waals surface area contributed by atoms with Gasteiger partial charge in [0.05, 0.1) is 31.5 Å². The molecular formula is C25H26F3N7O3. The Morgan fingerprint density at radius 1 is 0.921 bits per heavy atom. The van der Waals surface area contributed by atoms with Crippen LogP contribution in [0.15, 0.2) is 24.4 Å². The van der Waals surface area contributed by atoms with Gasteiger partial charge in [-0.15, -0.1) is 0 Å². The number of hydrogen-bond donors (Lipinski definition) is 0. The SMILES string of the molecule is FC(F)(F)C1OCCn2c1nc1c(N3CCOCC3)nc(-c3cccc4c3cnn4C3CCCCO3)nc12. The summed E-state index contributed by atoms with van der Waals surface area (Å²) in [5.41, 5.74) is 2.34. The van der Waals surface area contributed by atoms with Crippen LogP contribution >= 0.6 is 0 Å². The molecule has 0 spiro atoms. The number of fused-ring (bicyclic) bond motifs is 4. The van der Waals surface area contributed by atoms with E-state index in [1.54, 1.807) is 6.20 Å². The molecule has 3 aromatic heterocycles. The van der Waals surface area contributed by atoms with Crippen LogP contribution in [0.3, 0.4) is 0 Å². The lowest BCUT2D eigenvalue weighted by Crippen LogP contribution is -2.37. The molecule has 1 aromatic carbocycles. The molecule has 2 atom stereocenters. The maximum atomic E-state index is 13.8. The van der Waals surface area contributed by atoms with E-state index in [1.165, 1.54) is 4.57 Å². The van der Waals surface area contributed by atoms with Gasteiger partial charge in [-0.05, 0) is 25.3 Å². The molecule has 4 aromatic rings. The molecular weight excluding hydrogens is 503 g/mol. The summed E-state index contributed by atoms with van der Waals surface area (Å²) in [6.45, 7) is 2.92. The van der Waals surface area contributed by atoms with Gasteiger partial charge in [0.15, 0.2) is 29.0 Å². The second kappa shape index (κ2) is 9.17. The molecule has 0 radical (unpaired) electrons. The van der Waals surface area contributed by atoms with E-state index in [0.717, 1.165) is 35.7 Å². The zero-order chi connectivity index (χ0) is 25.9. The van der Waals surface area contributed by atoms with Gasteiger partial charge in [-0.3, -0.25) is 0 Å². The average molecular weight is 530 g/mol. The van der Waals surface area contributed by atoms with Crippen molar-refractivity contribution in [2.75, 3.05) is 44.4 Å². The highest BCUT2D eigenvalue weighted by Crippen LogP contribution is 2.41. The highest BCUT2D eigenvalue weighted by Gasteiger charge is 2.47. The lowest BCUT2D eigenvalue weighted by atomic mass is 10.1. The van der Waals surface area contributed by atoms with Crippen LogP contribution in [0.2, 0.25) is 0 Å². The molecule has 2 fully saturated rings. The zero-order valence-electron chi connectivity index (χ0n) is 20.5. The molecule has 6 heterocycles. The first-order chi connectivity index (χ1) is 18.5. The number of morpholine rings is 1. The summed E-state index contributed by atoms with van der Waals surface area (Å²) in [4.78, 5) is 16.1. The van der Waals surface area contributed by atoms with Gasteiger partial charge in [0, 0.05) is 37.2 Å². The second-order valence-electron chi connectivity index (χ2n) is 9.71. The van der Waals surface area contributed by atoms with E-state index in [1.807, 2.05) is 27.8 Å². The van der Waals surface area contributed by atoms with Gasteiger partial charge >= 0.3 is 6.18 Å². The summed E-state index contributed by atoms with van der Waals surface area (Å²) < 4.78 is 61.4. The van der Waals surface area contributed by atoms with Gasteiger partial charge in [0.25, 0.3) is 0 Å². The first-order valence-electron chi connectivity index (χ1n) is 12.9. The monoisotopic (exact) mass is 529 g/mol. The van der Waals surface area contributed by atoms with Gasteiger partial charge in [-0.25, -0.2) is 19.6 Å². The van der Waals surface area contributed by atoms with Crippen molar-refractivity contribution in [2.45, 2.75) is 44.3 Å². The molecule has 7 rings (SSSR count). The Kier molecular flexibility index (Phi) is 5.74. The van der Waals surface area contributed by atoms with Crippen molar-refractivity contribution in [2.24, 2.45) is 0 Å². The summed E-state index contributed by atoms with van der Waals surface area (Å²) in [6, 6.07) is 5.81. The Morgan fingerprint density at radius 2 is 1.79 bits per heavy atom. The molecule has 0 amide bonds. The molecule has 3 aliphatic rings. The van der Waals surface area contributed by atoms with Gasteiger partial charge < -0.3 is 23.7 Å². The number of benzene rings is 1. The average Bonchev–Trinajstić information content (AvgIpc) is 3.54. The minimum Gasteiger partial charge on any atom is -0.378 e. The Balaban J connectivity index is 1.41. The molecule has 10 nitrogen and oxygen atoms in total. The Bertz CT molecular complexity index is 1490. The van der Waals surface area contributed by atoms with E-state index < -0.39 is 12.3 Å². The van der Waals surface area contributed by atoms with Crippen LogP contribution in [0.4, 0.5) is 19.0 Å². The molecule has 38 heavy (non-hydrogen) atoms. The number of aromatic nitrogens is 6. The zero-order valence-corrected chi connectivity index (χ0v) is 20.5. The largest absolute Gasteiger partial charge is 0.421 e. The summed E-state index contributed by atoms with van der Waals surface area (Å²) in [5.74, 6) is 0.711. The third kappa shape index (κ3) is 3.91. The van der Waals surface area contributed by atoms with Crippen molar-refractivity contribution in [3.05, 3.63) is 30.2 Å². The fourth-order valence-corrected chi connectivity index (χ4v) is 5.53. The summed E-state index contributed by atoms with van der Waals surface area (Å²) >= 11 is 0. The standard InChI is InChI=1S/C25H26F3N7O3/c26-25(27,28)20-24-30-19-22(33-7-11-36-12-8-33)31-21(32-23(19)34(24)9-13-38-20)15-4-3-5-17-16(15)14-29-35(17)18-6-1-2-10-37-18/h3-5,14,18,20H,1-2,6-13H2. The Labute approximate surface area is 215 Å². The molecule has 2 unspecified atom stereocenters. The highest BCUT2D eigenvalue weighted by molar-refractivity contribution is 5.95. The second-order valence-corrected chi connectivity index (χ2v) is 9.71. The van der Waals surface area contributed by atoms with E-state index in [0.29, 0.717) is 55.7 Å². The number of imidazole rings is 1. The van der Waals surface area contributed by atoms with Gasteiger partial charge in [-0.1, -0.05) is 12.1 Å². The third-order valence-corrected chi connectivity index (χ3v) is 7.36. The van der Waals surface area contributed by atoms with Crippen LogP contribution in [0.25, 0.3) is 33.5 Å². The van der Waals surface area contributed by atoms with Crippen molar-refractivity contribution in [1.82, 2.24) is 29.3 Å². The van der Waals surface area contributed by atoms with Crippen LogP contribution in [-0.2, 0) is 20.8 Å². The number of ether oxygens (including phenoxy) is 3. The topological polar surface area (TPSA) is 92.3 Å². The molecule has 3 aliphatic heterocycles. The predicted octanol–water partition coefficient (Wildman–Crippen LogP) is 4.01. The quantitative estimate of drug-likeness (QED) is 0.393. The number of rotatable bonds is 3. The molecule has 13 heteroatoms. The van der Waals surface area contributed by atoms with E-state index in [9.17, 15) is 13.2 Å². The minimum atomic E-state index is -4.59. The van der Waals surface area contributed by atoms with Crippen molar-refractivity contribution in [3.63, 3.8) is 0 Å². The van der Waals surface area contributed by atoms with E-state index in [-0.39, 0.29) is 25.2 Å². The number of alkyl halides is 3. The van der Waals surface area contributed by atoms with Crippen molar-refractivity contribution in [3.8, 4) is 11.4 Å². The molecule has 0 bridgehead atoms. The molecule has 0 saturated carbocycles.